The van der Waals surface area contributed by atoms with Crippen LogP contribution < -0.4 is 20.5 Å². The molecule has 0 saturated heterocycles. The predicted molar refractivity (Wildman–Crippen MR) is 120 cm³/mol. The van der Waals surface area contributed by atoms with E-state index in [0.717, 1.165) is 36.1 Å². The van der Waals surface area contributed by atoms with Crippen molar-refractivity contribution in [2.45, 2.75) is 46.5 Å². The molecule has 3 N–H and O–H groups in total. The highest BCUT2D eigenvalue weighted by Crippen LogP contribution is 2.45. The Morgan fingerprint density at radius 1 is 1.23 bits per heavy atom. The van der Waals surface area contributed by atoms with Crippen molar-refractivity contribution >= 4 is 28.2 Å². The zero-order valence-corrected chi connectivity index (χ0v) is 19.1. The standard InChI is InChI=1S/C23H30N2O4S/c1-6-23(2,3)14-8-9-15-18(12-14)30-22(19(15)20(24)26)25-21(27)13-7-10-16(28-4)17(11-13)29-5/h7,10-11,14H,6,8-9,12H2,1-5H3,(H2,24,26)(H,25,27)/t14-/m1/s1. The van der Waals surface area contributed by atoms with Gasteiger partial charge in [-0.15, -0.1) is 11.3 Å². The van der Waals surface area contributed by atoms with E-state index in [9.17, 15) is 9.59 Å². The van der Waals surface area contributed by atoms with Gasteiger partial charge < -0.3 is 20.5 Å². The molecule has 0 bridgehead atoms. The molecule has 7 heteroatoms. The zero-order valence-electron chi connectivity index (χ0n) is 18.3. The van der Waals surface area contributed by atoms with Crippen molar-refractivity contribution in [3.63, 3.8) is 0 Å². The second-order valence-corrected chi connectivity index (χ2v) is 9.48. The van der Waals surface area contributed by atoms with E-state index in [1.54, 1.807) is 25.3 Å². The molecule has 0 aliphatic heterocycles. The average Bonchev–Trinajstić information content (AvgIpc) is 3.10. The fraction of sp³-hybridized carbons (Fsp3) is 0.478. The van der Waals surface area contributed by atoms with Crippen LogP contribution in [0.2, 0.25) is 0 Å². The largest absolute Gasteiger partial charge is 0.493 e. The summed E-state index contributed by atoms with van der Waals surface area (Å²) in [5.74, 6) is 0.744. The normalized spacial score (nSPS) is 16.0. The Bertz CT molecular complexity index is 964. The van der Waals surface area contributed by atoms with Gasteiger partial charge in [-0.25, -0.2) is 0 Å². The summed E-state index contributed by atoms with van der Waals surface area (Å²) in [4.78, 5) is 26.3. The molecule has 0 fully saturated rings. The van der Waals surface area contributed by atoms with Crippen LogP contribution in [0.4, 0.5) is 5.00 Å². The van der Waals surface area contributed by atoms with Crippen LogP contribution in [-0.2, 0) is 12.8 Å². The number of hydrogen-bond acceptors (Lipinski definition) is 5. The maximum atomic E-state index is 12.9. The van der Waals surface area contributed by atoms with Crippen molar-refractivity contribution in [2.75, 3.05) is 19.5 Å². The smallest absolute Gasteiger partial charge is 0.256 e. The SMILES string of the molecule is CCC(C)(C)[C@@H]1CCc2c(sc(NC(=O)c3ccc(OC)c(OC)c3)c2C(N)=O)C1. The summed E-state index contributed by atoms with van der Waals surface area (Å²) in [5, 5.41) is 3.43. The summed E-state index contributed by atoms with van der Waals surface area (Å²) < 4.78 is 10.5. The first-order chi connectivity index (χ1) is 14.2. The molecule has 1 aromatic heterocycles. The van der Waals surface area contributed by atoms with Crippen molar-refractivity contribution in [1.82, 2.24) is 0 Å². The van der Waals surface area contributed by atoms with E-state index < -0.39 is 5.91 Å². The van der Waals surface area contributed by atoms with Crippen molar-refractivity contribution in [1.29, 1.82) is 0 Å². The maximum absolute atomic E-state index is 12.9. The van der Waals surface area contributed by atoms with E-state index in [1.165, 1.54) is 18.4 Å². The molecule has 1 aliphatic rings. The Morgan fingerprint density at radius 2 is 1.93 bits per heavy atom. The number of primary amides is 1. The highest BCUT2D eigenvalue weighted by Gasteiger charge is 2.35. The summed E-state index contributed by atoms with van der Waals surface area (Å²) in [5.41, 5.74) is 7.81. The summed E-state index contributed by atoms with van der Waals surface area (Å²) in [7, 11) is 3.06. The van der Waals surface area contributed by atoms with Crippen LogP contribution >= 0.6 is 11.3 Å². The van der Waals surface area contributed by atoms with E-state index in [4.69, 9.17) is 15.2 Å². The minimum absolute atomic E-state index is 0.234. The second-order valence-electron chi connectivity index (χ2n) is 8.38. The number of fused-ring (bicyclic) bond motifs is 1. The number of benzene rings is 1. The third-order valence-electron chi connectivity index (χ3n) is 6.40. The van der Waals surface area contributed by atoms with Gasteiger partial charge in [0.05, 0.1) is 19.8 Å². The molecular weight excluding hydrogens is 400 g/mol. The van der Waals surface area contributed by atoms with Crippen LogP contribution in [-0.4, -0.2) is 26.0 Å². The Morgan fingerprint density at radius 3 is 2.53 bits per heavy atom. The summed E-state index contributed by atoms with van der Waals surface area (Å²) in [6, 6.07) is 4.96. The molecule has 1 heterocycles. The topological polar surface area (TPSA) is 90.7 Å². The molecule has 162 valence electrons. The molecule has 0 unspecified atom stereocenters. The van der Waals surface area contributed by atoms with Gasteiger partial charge in [0.2, 0.25) is 0 Å². The van der Waals surface area contributed by atoms with Gasteiger partial charge in [0, 0.05) is 10.4 Å². The number of rotatable bonds is 7. The molecule has 30 heavy (non-hydrogen) atoms. The number of anilines is 1. The van der Waals surface area contributed by atoms with Gasteiger partial charge in [0.25, 0.3) is 11.8 Å². The van der Waals surface area contributed by atoms with Gasteiger partial charge in [0.1, 0.15) is 5.00 Å². The fourth-order valence-electron chi connectivity index (χ4n) is 4.04. The Hall–Kier alpha value is -2.54. The molecule has 1 aliphatic carbocycles. The number of nitrogens with one attached hydrogen (secondary N) is 1. The number of methoxy groups -OCH3 is 2. The van der Waals surface area contributed by atoms with E-state index >= 15 is 0 Å². The first kappa shape index (κ1) is 22.2. The first-order valence-corrected chi connectivity index (χ1v) is 11.0. The number of carbonyl (C=O) groups excluding carboxylic acids is 2. The van der Waals surface area contributed by atoms with Crippen molar-refractivity contribution in [2.24, 2.45) is 17.1 Å². The lowest BCUT2D eigenvalue weighted by atomic mass is 9.69. The lowest BCUT2D eigenvalue weighted by molar-refractivity contribution is 0.0999. The molecule has 6 nitrogen and oxygen atoms in total. The quantitative estimate of drug-likeness (QED) is 0.668. The van der Waals surface area contributed by atoms with Crippen LogP contribution in [0.5, 0.6) is 11.5 Å². The minimum Gasteiger partial charge on any atom is -0.493 e. The van der Waals surface area contributed by atoms with Gasteiger partial charge >= 0.3 is 0 Å². The molecular formula is C23H30N2O4S. The van der Waals surface area contributed by atoms with E-state index in [1.807, 2.05) is 0 Å². The summed E-state index contributed by atoms with van der Waals surface area (Å²) in [6.07, 6.45) is 3.84. The Labute approximate surface area is 181 Å². The highest BCUT2D eigenvalue weighted by atomic mass is 32.1. The van der Waals surface area contributed by atoms with Gasteiger partial charge in [-0.05, 0) is 54.4 Å². The monoisotopic (exact) mass is 430 g/mol. The van der Waals surface area contributed by atoms with E-state index in [2.05, 4.69) is 26.1 Å². The number of carbonyl (C=O) groups is 2. The third kappa shape index (κ3) is 4.17. The molecule has 2 aromatic rings. The maximum Gasteiger partial charge on any atom is 0.256 e. The van der Waals surface area contributed by atoms with Gasteiger partial charge in [-0.2, -0.15) is 0 Å². The number of hydrogen-bond donors (Lipinski definition) is 2. The van der Waals surface area contributed by atoms with Gasteiger partial charge in [-0.3, -0.25) is 9.59 Å². The Kier molecular flexibility index (Phi) is 6.41. The molecule has 1 aromatic carbocycles. The Balaban J connectivity index is 1.90. The lowest BCUT2D eigenvalue weighted by Crippen LogP contribution is -2.29. The number of amides is 2. The molecule has 1 atom stereocenters. The lowest BCUT2D eigenvalue weighted by Gasteiger charge is -2.36. The van der Waals surface area contributed by atoms with E-state index in [0.29, 0.717) is 33.5 Å². The van der Waals surface area contributed by atoms with Crippen molar-refractivity contribution in [3.05, 3.63) is 39.8 Å². The van der Waals surface area contributed by atoms with Gasteiger partial charge in [-0.1, -0.05) is 27.2 Å². The highest BCUT2D eigenvalue weighted by molar-refractivity contribution is 7.17. The second kappa shape index (κ2) is 8.68. The van der Waals surface area contributed by atoms with Crippen molar-refractivity contribution in [3.8, 4) is 11.5 Å². The third-order valence-corrected chi connectivity index (χ3v) is 7.57. The average molecular weight is 431 g/mol. The zero-order chi connectivity index (χ0) is 22.1. The summed E-state index contributed by atoms with van der Waals surface area (Å²) in [6.45, 7) is 6.81. The predicted octanol–water partition coefficient (Wildman–Crippen LogP) is 4.66. The molecule has 2 amide bonds. The molecule has 3 rings (SSSR count). The molecule has 0 radical (unpaired) electrons. The van der Waals surface area contributed by atoms with Crippen LogP contribution in [0, 0.1) is 11.3 Å². The van der Waals surface area contributed by atoms with E-state index in [-0.39, 0.29) is 11.3 Å². The van der Waals surface area contributed by atoms with Crippen LogP contribution in [0.1, 0.15) is 64.8 Å². The number of thiophene rings is 1. The van der Waals surface area contributed by atoms with Crippen LogP contribution in [0.25, 0.3) is 0 Å². The van der Waals surface area contributed by atoms with Gasteiger partial charge in [0.15, 0.2) is 11.5 Å². The van der Waals surface area contributed by atoms with Crippen LogP contribution in [0.15, 0.2) is 18.2 Å². The number of nitrogens with two attached hydrogens (primary N) is 1. The fourth-order valence-corrected chi connectivity index (χ4v) is 5.37. The van der Waals surface area contributed by atoms with Crippen LogP contribution in [0.3, 0.4) is 0 Å². The van der Waals surface area contributed by atoms with Crippen molar-refractivity contribution < 1.29 is 19.1 Å². The number of ether oxygens (including phenoxy) is 2. The molecule has 0 saturated carbocycles. The summed E-state index contributed by atoms with van der Waals surface area (Å²) >= 11 is 1.47. The first-order valence-electron chi connectivity index (χ1n) is 10.2. The molecule has 0 spiro atoms. The minimum atomic E-state index is -0.497.